The molecule has 0 aliphatic carbocycles. The Bertz CT molecular complexity index is 1860. The van der Waals surface area contributed by atoms with Crippen molar-refractivity contribution in [2.24, 2.45) is 0 Å². The number of aliphatic hydroxyl groups is 1. The van der Waals surface area contributed by atoms with Crippen molar-refractivity contribution < 1.29 is 19.1 Å². The number of hydrogen-bond acceptors (Lipinski definition) is 9. The number of benzene rings is 2. The van der Waals surface area contributed by atoms with E-state index in [0.29, 0.717) is 42.3 Å². The second kappa shape index (κ2) is 15.7. The van der Waals surface area contributed by atoms with Gasteiger partial charge in [-0.2, -0.15) is 0 Å². The van der Waals surface area contributed by atoms with E-state index in [1.165, 1.54) is 6.39 Å². The fourth-order valence-electron chi connectivity index (χ4n) is 6.17. The molecule has 3 N–H and O–H groups in total. The summed E-state index contributed by atoms with van der Waals surface area (Å²) >= 11 is 1.56. The minimum Gasteiger partial charge on any atom is -0.444 e. The Labute approximate surface area is 290 Å². The molecule has 1 aliphatic rings. The number of rotatable bonds is 13. The Morgan fingerprint density at radius 3 is 2.59 bits per heavy atom. The van der Waals surface area contributed by atoms with Crippen molar-refractivity contribution in [1.82, 2.24) is 30.5 Å². The first-order valence-electron chi connectivity index (χ1n) is 16.7. The number of carbonyl (C=O) groups excluding carboxylic acids is 2. The highest BCUT2D eigenvalue weighted by atomic mass is 32.1. The molecule has 49 heavy (non-hydrogen) atoms. The predicted octanol–water partition coefficient (Wildman–Crippen LogP) is 6.09. The number of pyridine rings is 1. The normalized spacial score (nSPS) is 15.8. The third-order valence-electron chi connectivity index (χ3n) is 8.84. The fraction of sp³-hybridized carbons (Fsp3) is 0.342. The second-order valence-electron chi connectivity index (χ2n) is 12.9. The van der Waals surface area contributed by atoms with Crippen LogP contribution in [-0.2, 0) is 13.0 Å². The van der Waals surface area contributed by atoms with E-state index in [1.54, 1.807) is 35.7 Å². The summed E-state index contributed by atoms with van der Waals surface area (Å²) in [4.78, 5) is 43.0. The first-order chi connectivity index (χ1) is 23.7. The predicted molar refractivity (Wildman–Crippen MR) is 189 cm³/mol. The first kappa shape index (κ1) is 34.2. The standard InChI is InChI=1S/C38H42N6O4S/c1-24(2)31-12-27(17-39-19-31)18-40-20-34(45)32(13-26-8-5-4-6-9-26)43-36(46)29-14-28(35-21-41-23-48-35)15-30(16-29)38(47)44-11-7-10-33(44)37-42-25(3)22-49-37/h4-6,8-9,12,14-17,19,21-24,32-34,40,45H,7,10-11,13,18,20H2,1-3H3,(H,43,46). The molecule has 4 heterocycles. The van der Waals surface area contributed by atoms with Gasteiger partial charge in [-0.15, -0.1) is 11.3 Å². The van der Waals surface area contributed by atoms with Crippen molar-refractivity contribution in [3.8, 4) is 11.3 Å². The summed E-state index contributed by atoms with van der Waals surface area (Å²) in [5.74, 6) is 0.226. The maximum Gasteiger partial charge on any atom is 0.254 e. The lowest BCUT2D eigenvalue weighted by molar-refractivity contribution is 0.0735. The van der Waals surface area contributed by atoms with Gasteiger partial charge in [0.25, 0.3) is 11.8 Å². The van der Waals surface area contributed by atoms with Gasteiger partial charge in [0.2, 0.25) is 0 Å². The van der Waals surface area contributed by atoms with Gasteiger partial charge in [0.05, 0.1) is 24.4 Å². The van der Waals surface area contributed by atoms with Crippen LogP contribution in [-0.4, -0.2) is 62.0 Å². The molecule has 1 fully saturated rings. The molecule has 2 amide bonds. The summed E-state index contributed by atoms with van der Waals surface area (Å²) in [6.45, 7) is 7.58. The number of thiazole rings is 1. The van der Waals surface area contributed by atoms with Gasteiger partial charge in [-0.3, -0.25) is 14.6 Å². The van der Waals surface area contributed by atoms with E-state index in [2.05, 4.69) is 45.5 Å². The van der Waals surface area contributed by atoms with Crippen LogP contribution in [0.5, 0.6) is 0 Å². The third-order valence-corrected chi connectivity index (χ3v) is 9.90. The van der Waals surface area contributed by atoms with Crippen LogP contribution in [0.3, 0.4) is 0 Å². The Hall–Kier alpha value is -4.71. The molecule has 1 aliphatic heterocycles. The van der Waals surface area contributed by atoms with Gasteiger partial charge in [-0.25, -0.2) is 9.97 Å². The molecule has 254 valence electrons. The Morgan fingerprint density at radius 2 is 1.86 bits per heavy atom. The summed E-state index contributed by atoms with van der Waals surface area (Å²) < 4.78 is 5.58. The van der Waals surface area contributed by atoms with Crippen molar-refractivity contribution in [3.63, 3.8) is 0 Å². The monoisotopic (exact) mass is 678 g/mol. The number of amides is 2. The van der Waals surface area contributed by atoms with Crippen molar-refractivity contribution in [3.05, 3.63) is 123 Å². The molecule has 10 nitrogen and oxygen atoms in total. The number of oxazole rings is 1. The lowest BCUT2D eigenvalue weighted by atomic mass is 9.99. The zero-order valence-electron chi connectivity index (χ0n) is 28.0. The van der Waals surface area contributed by atoms with Crippen molar-refractivity contribution >= 4 is 23.2 Å². The second-order valence-corrected chi connectivity index (χ2v) is 13.8. The zero-order valence-corrected chi connectivity index (χ0v) is 28.8. The van der Waals surface area contributed by atoms with Gasteiger partial charge in [0, 0.05) is 59.8 Å². The summed E-state index contributed by atoms with van der Waals surface area (Å²) in [5, 5.41) is 20.8. The van der Waals surface area contributed by atoms with E-state index < -0.39 is 18.1 Å². The van der Waals surface area contributed by atoms with Gasteiger partial charge < -0.3 is 25.1 Å². The topological polar surface area (TPSA) is 133 Å². The average molecular weight is 679 g/mol. The van der Waals surface area contributed by atoms with Crippen LogP contribution >= 0.6 is 11.3 Å². The number of hydrogen-bond donors (Lipinski definition) is 3. The van der Waals surface area contributed by atoms with E-state index in [-0.39, 0.29) is 24.1 Å². The highest BCUT2D eigenvalue weighted by Gasteiger charge is 2.33. The van der Waals surface area contributed by atoms with Gasteiger partial charge in [-0.05, 0) is 67.0 Å². The SMILES string of the molecule is Cc1csc(C2CCCN2C(=O)c2cc(C(=O)NC(Cc3ccccc3)C(O)CNCc3cncc(C(C)C)c3)cc(-c3cnco3)c2)n1. The van der Waals surface area contributed by atoms with E-state index >= 15 is 0 Å². The number of aliphatic hydroxyl groups excluding tert-OH is 1. The number of likely N-dealkylation sites (tertiary alicyclic amines) is 1. The highest BCUT2D eigenvalue weighted by Crippen LogP contribution is 2.35. The van der Waals surface area contributed by atoms with Crippen LogP contribution in [0.1, 0.15) is 86.8 Å². The van der Waals surface area contributed by atoms with Crippen LogP contribution in [0.25, 0.3) is 11.3 Å². The minimum absolute atomic E-state index is 0.112. The molecule has 0 radical (unpaired) electrons. The average Bonchev–Trinajstić information content (AvgIpc) is 3.91. The summed E-state index contributed by atoms with van der Waals surface area (Å²) in [7, 11) is 0. The van der Waals surface area contributed by atoms with E-state index in [0.717, 1.165) is 40.2 Å². The Kier molecular flexibility index (Phi) is 10.9. The molecule has 3 aromatic heterocycles. The number of nitrogens with zero attached hydrogens (tertiary/aromatic N) is 4. The van der Waals surface area contributed by atoms with Crippen LogP contribution < -0.4 is 10.6 Å². The van der Waals surface area contributed by atoms with Gasteiger partial charge in [0.1, 0.15) is 5.01 Å². The molecule has 1 saturated heterocycles. The lowest BCUT2D eigenvalue weighted by Crippen LogP contribution is -2.48. The van der Waals surface area contributed by atoms with Gasteiger partial charge in [0.15, 0.2) is 12.2 Å². The number of aryl methyl sites for hydroxylation is 1. The van der Waals surface area contributed by atoms with E-state index in [9.17, 15) is 14.7 Å². The summed E-state index contributed by atoms with van der Waals surface area (Å²) in [6.07, 6.45) is 7.78. The molecule has 5 aromatic rings. The summed E-state index contributed by atoms with van der Waals surface area (Å²) in [6, 6.07) is 16.2. The number of nitrogens with one attached hydrogen (secondary N) is 2. The number of aromatic nitrogens is 3. The van der Waals surface area contributed by atoms with Gasteiger partial charge in [-0.1, -0.05) is 50.2 Å². The highest BCUT2D eigenvalue weighted by molar-refractivity contribution is 7.09. The molecular weight excluding hydrogens is 637 g/mol. The molecular formula is C38H42N6O4S. The maximum absolute atomic E-state index is 14.1. The van der Waals surface area contributed by atoms with Crippen LogP contribution in [0.15, 0.2) is 89.4 Å². The van der Waals surface area contributed by atoms with Crippen molar-refractivity contribution in [1.29, 1.82) is 0 Å². The van der Waals surface area contributed by atoms with Crippen molar-refractivity contribution in [2.45, 2.75) is 70.7 Å². The molecule has 0 bridgehead atoms. The molecule has 0 saturated carbocycles. The molecule has 2 aromatic carbocycles. The lowest BCUT2D eigenvalue weighted by Gasteiger charge is -2.26. The van der Waals surface area contributed by atoms with Crippen LogP contribution in [0, 0.1) is 6.92 Å². The third kappa shape index (κ3) is 8.48. The number of carbonyl (C=O) groups is 2. The minimum atomic E-state index is -0.906. The Morgan fingerprint density at radius 1 is 1.04 bits per heavy atom. The molecule has 6 rings (SSSR count). The smallest absolute Gasteiger partial charge is 0.254 e. The quantitative estimate of drug-likeness (QED) is 0.136. The molecule has 3 atom stereocenters. The maximum atomic E-state index is 14.1. The van der Waals surface area contributed by atoms with Crippen molar-refractivity contribution in [2.75, 3.05) is 13.1 Å². The summed E-state index contributed by atoms with van der Waals surface area (Å²) in [5.41, 5.74) is 5.31. The fourth-order valence-corrected chi connectivity index (χ4v) is 7.11. The largest absolute Gasteiger partial charge is 0.444 e. The van der Waals surface area contributed by atoms with E-state index in [4.69, 9.17) is 4.42 Å². The molecule has 0 spiro atoms. The first-order valence-corrected chi connectivity index (χ1v) is 17.6. The van der Waals surface area contributed by atoms with Crippen LogP contribution in [0.4, 0.5) is 0 Å². The van der Waals surface area contributed by atoms with E-state index in [1.807, 2.05) is 59.9 Å². The van der Waals surface area contributed by atoms with Crippen LogP contribution in [0.2, 0.25) is 0 Å². The Balaban J connectivity index is 1.23. The molecule has 3 unspecified atom stereocenters. The van der Waals surface area contributed by atoms with Gasteiger partial charge >= 0.3 is 0 Å². The molecule has 11 heteroatoms. The zero-order chi connectivity index (χ0) is 34.3.